The molecule has 0 saturated carbocycles. The van der Waals surface area contributed by atoms with Crippen molar-refractivity contribution in [2.24, 2.45) is 4.99 Å². The topological polar surface area (TPSA) is 77.7 Å². The molecule has 0 spiro atoms. The number of thioether (sulfide) groups is 1. The summed E-state index contributed by atoms with van der Waals surface area (Å²) in [7, 11) is 0. The first-order chi connectivity index (χ1) is 7.74. The first-order valence-corrected chi connectivity index (χ1v) is 6.42. The van der Waals surface area contributed by atoms with Crippen molar-refractivity contribution in [1.82, 2.24) is 5.32 Å². The van der Waals surface area contributed by atoms with Crippen molar-refractivity contribution in [3.8, 4) is 0 Å². The van der Waals surface area contributed by atoms with Gasteiger partial charge in [-0.2, -0.15) is 0 Å². The van der Waals surface area contributed by atoms with E-state index in [1.165, 1.54) is 0 Å². The van der Waals surface area contributed by atoms with Crippen molar-refractivity contribution in [2.45, 2.75) is 39.5 Å². The van der Waals surface area contributed by atoms with Gasteiger partial charge in [0.2, 0.25) is 0 Å². The lowest BCUT2D eigenvalue weighted by atomic mass is 10.3. The van der Waals surface area contributed by atoms with E-state index in [2.05, 4.69) is 29.0 Å². The summed E-state index contributed by atoms with van der Waals surface area (Å²) in [6.07, 6.45) is 4.27. The van der Waals surface area contributed by atoms with Crippen molar-refractivity contribution in [3.63, 3.8) is 0 Å². The molecule has 0 aromatic rings. The fourth-order valence-corrected chi connectivity index (χ4v) is 1.48. The van der Waals surface area contributed by atoms with Gasteiger partial charge >= 0.3 is 0 Å². The zero-order chi connectivity index (χ0) is 12.2. The Morgan fingerprint density at radius 2 is 2.06 bits per heavy atom. The van der Waals surface area contributed by atoms with Gasteiger partial charge in [-0.25, -0.2) is 5.26 Å². The van der Waals surface area contributed by atoms with Crippen LogP contribution in [-0.4, -0.2) is 28.7 Å². The van der Waals surface area contributed by atoms with Crippen LogP contribution in [0.5, 0.6) is 0 Å². The third kappa shape index (κ3) is 8.55. The van der Waals surface area contributed by atoms with Gasteiger partial charge in [-0.15, -0.1) is 0 Å². The fraction of sp³-hybridized carbons (Fsp3) is 0.800. The Labute approximate surface area is 101 Å². The Morgan fingerprint density at radius 1 is 1.38 bits per heavy atom. The highest BCUT2D eigenvalue weighted by Gasteiger charge is 2.05. The number of nitrogens with zero attached hydrogens (tertiary/aromatic N) is 1. The minimum absolute atomic E-state index is 0.265. The summed E-state index contributed by atoms with van der Waals surface area (Å²) in [4.78, 5) is 8.13. The Balaban J connectivity index is 4.04. The molecule has 0 unspecified atom stereocenters. The molecule has 0 heterocycles. The van der Waals surface area contributed by atoms with Crippen LogP contribution in [0.3, 0.4) is 0 Å². The second kappa shape index (κ2) is 10.8. The SMILES string of the molecule is CCCCN=C(NCCCC)SC(=N)OO. The number of amidine groups is 1. The van der Waals surface area contributed by atoms with Gasteiger partial charge in [0.1, 0.15) is 0 Å². The maximum absolute atomic E-state index is 8.30. The molecule has 0 aliphatic carbocycles. The highest BCUT2D eigenvalue weighted by Crippen LogP contribution is 2.05. The van der Waals surface area contributed by atoms with Crippen LogP contribution in [0, 0.1) is 5.41 Å². The second-order valence-corrected chi connectivity index (χ2v) is 4.26. The molecule has 16 heavy (non-hydrogen) atoms. The summed E-state index contributed by atoms with van der Waals surface area (Å²) < 4.78 is 0. The van der Waals surface area contributed by atoms with E-state index in [-0.39, 0.29) is 5.23 Å². The average Bonchev–Trinajstić information content (AvgIpc) is 2.29. The predicted molar refractivity (Wildman–Crippen MR) is 69.2 cm³/mol. The average molecular weight is 247 g/mol. The third-order valence-electron chi connectivity index (χ3n) is 1.85. The Kier molecular flexibility index (Phi) is 10.3. The maximum Gasteiger partial charge on any atom is 0.291 e. The molecule has 0 aliphatic rings. The molecule has 0 saturated heterocycles. The molecule has 3 N–H and O–H groups in total. The van der Waals surface area contributed by atoms with E-state index in [0.29, 0.717) is 5.17 Å². The van der Waals surface area contributed by atoms with Gasteiger partial charge in [-0.05, 0) is 12.8 Å². The quantitative estimate of drug-likeness (QED) is 0.222. The molecule has 6 heteroatoms. The van der Waals surface area contributed by atoms with Crippen LogP contribution in [0.4, 0.5) is 0 Å². The van der Waals surface area contributed by atoms with Crippen LogP contribution >= 0.6 is 11.8 Å². The van der Waals surface area contributed by atoms with Crippen LogP contribution in [0.15, 0.2) is 4.99 Å². The largest absolute Gasteiger partial charge is 0.365 e. The van der Waals surface area contributed by atoms with E-state index < -0.39 is 0 Å². The zero-order valence-electron chi connectivity index (χ0n) is 9.95. The molecular formula is C10H21N3O2S. The molecule has 0 atom stereocenters. The summed E-state index contributed by atoms with van der Waals surface area (Å²) in [5.74, 6) is 0. The fourth-order valence-electron chi connectivity index (χ4n) is 0.942. The predicted octanol–water partition coefficient (Wildman–Crippen LogP) is 2.69. The third-order valence-corrected chi connectivity index (χ3v) is 2.57. The Hall–Kier alpha value is -0.750. The van der Waals surface area contributed by atoms with Gasteiger partial charge in [0.25, 0.3) is 5.23 Å². The molecule has 5 nitrogen and oxygen atoms in total. The highest BCUT2D eigenvalue weighted by molar-refractivity contribution is 8.26. The molecular weight excluding hydrogens is 226 g/mol. The molecule has 0 fully saturated rings. The van der Waals surface area contributed by atoms with E-state index in [1.54, 1.807) is 0 Å². The lowest BCUT2D eigenvalue weighted by Crippen LogP contribution is -2.23. The number of hydrogen-bond donors (Lipinski definition) is 3. The Bertz CT molecular complexity index is 222. The van der Waals surface area contributed by atoms with Crippen molar-refractivity contribution >= 4 is 22.2 Å². The highest BCUT2D eigenvalue weighted by atomic mass is 32.2. The van der Waals surface area contributed by atoms with Crippen LogP contribution < -0.4 is 5.32 Å². The van der Waals surface area contributed by atoms with Crippen LogP contribution in [0.25, 0.3) is 0 Å². The Morgan fingerprint density at radius 3 is 2.62 bits per heavy atom. The van der Waals surface area contributed by atoms with E-state index in [9.17, 15) is 0 Å². The van der Waals surface area contributed by atoms with Crippen molar-refractivity contribution < 1.29 is 10.1 Å². The van der Waals surface area contributed by atoms with E-state index in [0.717, 1.165) is 50.5 Å². The van der Waals surface area contributed by atoms with Crippen LogP contribution in [-0.2, 0) is 4.89 Å². The van der Waals surface area contributed by atoms with Crippen molar-refractivity contribution in [2.75, 3.05) is 13.1 Å². The van der Waals surface area contributed by atoms with Gasteiger partial charge in [-0.1, -0.05) is 26.7 Å². The number of aliphatic imine (C=N–C) groups is 1. The summed E-state index contributed by atoms with van der Waals surface area (Å²) in [5, 5.41) is 19.0. The minimum Gasteiger partial charge on any atom is -0.365 e. The minimum atomic E-state index is -0.265. The van der Waals surface area contributed by atoms with Crippen LogP contribution in [0.1, 0.15) is 39.5 Å². The second-order valence-electron chi connectivity index (χ2n) is 3.30. The molecule has 0 bridgehead atoms. The standard InChI is InChI=1S/C10H21N3O2S/c1-3-5-7-12-10(13-8-6-4-2)16-9(11)15-14/h11,14H,3-8H2,1-2H3,(H,12,13). The van der Waals surface area contributed by atoms with Gasteiger partial charge in [0, 0.05) is 24.9 Å². The molecule has 0 aromatic carbocycles. The number of nitrogens with one attached hydrogen (secondary N) is 2. The van der Waals surface area contributed by atoms with Gasteiger partial charge in [0.05, 0.1) is 0 Å². The van der Waals surface area contributed by atoms with E-state index in [4.69, 9.17) is 10.7 Å². The van der Waals surface area contributed by atoms with Gasteiger partial charge in [0.15, 0.2) is 5.17 Å². The van der Waals surface area contributed by atoms with Gasteiger partial charge in [-0.3, -0.25) is 10.4 Å². The van der Waals surface area contributed by atoms with Crippen LogP contribution in [0.2, 0.25) is 0 Å². The molecule has 0 aliphatic heterocycles. The van der Waals surface area contributed by atoms with E-state index >= 15 is 0 Å². The monoisotopic (exact) mass is 247 g/mol. The van der Waals surface area contributed by atoms with Gasteiger partial charge < -0.3 is 10.2 Å². The number of hydrogen-bond acceptors (Lipinski definition) is 5. The molecule has 0 amide bonds. The first-order valence-electron chi connectivity index (χ1n) is 5.60. The molecule has 0 aromatic heterocycles. The summed E-state index contributed by atoms with van der Waals surface area (Å²) in [5.41, 5.74) is 0. The van der Waals surface area contributed by atoms with Crippen molar-refractivity contribution in [1.29, 1.82) is 5.41 Å². The number of unbranched alkanes of at least 4 members (excludes halogenated alkanes) is 2. The first kappa shape index (κ1) is 15.2. The molecule has 94 valence electrons. The van der Waals surface area contributed by atoms with E-state index in [1.807, 2.05) is 0 Å². The number of rotatable bonds is 6. The summed E-state index contributed by atoms with van der Waals surface area (Å²) >= 11 is 0.996. The van der Waals surface area contributed by atoms with Crippen molar-refractivity contribution in [3.05, 3.63) is 0 Å². The maximum atomic E-state index is 8.30. The molecule has 0 radical (unpaired) electrons. The lowest BCUT2D eigenvalue weighted by Gasteiger charge is -2.07. The normalized spacial score (nSPS) is 11.3. The summed E-state index contributed by atoms with van der Waals surface area (Å²) in [6, 6.07) is 0. The molecule has 0 rings (SSSR count). The lowest BCUT2D eigenvalue weighted by molar-refractivity contribution is -0.151. The summed E-state index contributed by atoms with van der Waals surface area (Å²) in [6.45, 7) is 5.77. The smallest absolute Gasteiger partial charge is 0.291 e. The zero-order valence-corrected chi connectivity index (χ0v) is 10.8.